The van der Waals surface area contributed by atoms with Gasteiger partial charge < -0.3 is 11.1 Å². The van der Waals surface area contributed by atoms with E-state index < -0.39 is 0 Å². The van der Waals surface area contributed by atoms with Crippen molar-refractivity contribution in [2.75, 3.05) is 5.32 Å². The minimum atomic E-state index is -0.290. The molecule has 1 aromatic carbocycles. The number of rotatable bonds is 3. The highest BCUT2D eigenvalue weighted by atomic mass is 16.1. The average molecular weight is 260 g/mol. The number of carbonyl (C=O) groups excluding carboxylic acids is 1. The van der Waals surface area contributed by atoms with Crippen LogP contribution in [0.3, 0.4) is 0 Å². The van der Waals surface area contributed by atoms with Gasteiger partial charge in [0.2, 0.25) is 5.91 Å². The van der Waals surface area contributed by atoms with Crippen LogP contribution < -0.4 is 11.1 Å². The second-order valence-electron chi connectivity index (χ2n) is 6.02. The zero-order valence-electron chi connectivity index (χ0n) is 12.0. The minimum absolute atomic E-state index is 0.0365. The van der Waals surface area contributed by atoms with Crippen molar-refractivity contribution in [3.8, 4) is 0 Å². The van der Waals surface area contributed by atoms with E-state index in [0.29, 0.717) is 6.42 Å². The molecule has 0 unspecified atom stereocenters. The van der Waals surface area contributed by atoms with E-state index >= 15 is 0 Å². The van der Waals surface area contributed by atoms with E-state index in [1.54, 1.807) is 0 Å². The zero-order chi connectivity index (χ0) is 13.9. The highest BCUT2D eigenvalue weighted by Gasteiger charge is 2.29. The fourth-order valence-electron chi connectivity index (χ4n) is 3.00. The van der Waals surface area contributed by atoms with Gasteiger partial charge in [0.1, 0.15) is 0 Å². The van der Waals surface area contributed by atoms with Crippen molar-refractivity contribution in [2.24, 2.45) is 5.73 Å². The second-order valence-corrected chi connectivity index (χ2v) is 6.02. The van der Waals surface area contributed by atoms with Gasteiger partial charge >= 0.3 is 0 Å². The van der Waals surface area contributed by atoms with Crippen molar-refractivity contribution in [1.29, 1.82) is 0 Å². The molecule has 3 heteroatoms. The molecular weight excluding hydrogens is 236 g/mol. The predicted octanol–water partition coefficient (Wildman–Crippen LogP) is 3.29. The Morgan fingerprint density at radius 2 is 1.74 bits per heavy atom. The summed E-state index contributed by atoms with van der Waals surface area (Å²) in [6.45, 7) is 4.07. The third kappa shape index (κ3) is 4.06. The molecule has 2 rings (SSSR count). The molecule has 0 bridgehead atoms. The third-order valence-corrected chi connectivity index (χ3v) is 3.87. The number of hydrogen-bond acceptors (Lipinski definition) is 2. The summed E-state index contributed by atoms with van der Waals surface area (Å²) in [4.78, 5) is 12.1. The van der Waals surface area contributed by atoms with E-state index in [9.17, 15) is 4.79 Å². The summed E-state index contributed by atoms with van der Waals surface area (Å²) in [6.07, 6.45) is 5.90. The molecule has 0 saturated heterocycles. The average Bonchev–Trinajstić information content (AvgIpc) is 2.27. The number of amides is 1. The molecule has 3 nitrogen and oxygen atoms in total. The summed E-state index contributed by atoms with van der Waals surface area (Å²) in [6, 6.07) is 6.09. The van der Waals surface area contributed by atoms with Gasteiger partial charge in [0.25, 0.3) is 0 Å². The maximum atomic E-state index is 12.1. The molecule has 3 N–H and O–H groups in total. The van der Waals surface area contributed by atoms with Gasteiger partial charge in [-0.25, -0.2) is 0 Å². The van der Waals surface area contributed by atoms with Gasteiger partial charge in [-0.3, -0.25) is 4.79 Å². The molecule has 0 aromatic heterocycles. The van der Waals surface area contributed by atoms with Gasteiger partial charge in [0.15, 0.2) is 0 Å². The van der Waals surface area contributed by atoms with Gasteiger partial charge in [-0.05, 0) is 49.9 Å². The van der Waals surface area contributed by atoms with Gasteiger partial charge in [-0.1, -0.05) is 25.3 Å². The molecule has 1 aliphatic rings. The first-order valence-electron chi connectivity index (χ1n) is 7.14. The van der Waals surface area contributed by atoms with E-state index in [1.165, 1.54) is 6.42 Å². The lowest BCUT2D eigenvalue weighted by Crippen LogP contribution is -2.44. The van der Waals surface area contributed by atoms with Crippen LogP contribution in [0.25, 0.3) is 0 Å². The Morgan fingerprint density at radius 3 is 2.32 bits per heavy atom. The Bertz CT molecular complexity index is 442. The van der Waals surface area contributed by atoms with E-state index in [2.05, 4.69) is 11.4 Å². The lowest BCUT2D eigenvalue weighted by Gasteiger charge is -2.32. The van der Waals surface area contributed by atoms with Crippen LogP contribution in [0, 0.1) is 13.8 Å². The van der Waals surface area contributed by atoms with Crippen molar-refractivity contribution in [3.63, 3.8) is 0 Å². The van der Waals surface area contributed by atoms with E-state index in [0.717, 1.165) is 42.5 Å². The molecule has 1 aromatic rings. The molecule has 19 heavy (non-hydrogen) atoms. The summed E-state index contributed by atoms with van der Waals surface area (Å²) in [5.41, 5.74) is 9.22. The molecule has 0 atom stereocenters. The van der Waals surface area contributed by atoms with Crippen LogP contribution >= 0.6 is 0 Å². The molecule has 0 aliphatic heterocycles. The van der Waals surface area contributed by atoms with E-state index in [1.807, 2.05) is 26.0 Å². The third-order valence-electron chi connectivity index (χ3n) is 3.87. The number of hydrogen-bond donors (Lipinski definition) is 2. The SMILES string of the molecule is Cc1cc(C)cc(NC(=O)CC2(N)CCCCC2)c1. The van der Waals surface area contributed by atoms with Gasteiger partial charge in [-0.15, -0.1) is 0 Å². The fraction of sp³-hybridized carbons (Fsp3) is 0.562. The van der Waals surface area contributed by atoms with Crippen molar-refractivity contribution in [1.82, 2.24) is 0 Å². The Morgan fingerprint density at radius 1 is 1.16 bits per heavy atom. The Kier molecular flexibility index (Phi) is 4.25. The molecular formula is C16H24N2O. The van der Waals surface area contributed by atoms with Gasteiger partial charge in [-0.2, -0.15) is 0 Å². The number of anilines is 1. The van der Waals surface area contributed by atoms with Crippen molar-refractivity contribution < 1.29 is 4.79 Å². The predicted molar refractivity (Wildman–Crippen MR) is 79.2 cm³/mol. The molecule has 0 heterocycles. The van der Waals surface area contributed by atoms with Crippen LogP contribution in [-0.2, 0) is 4.79 Å². The lowest BCUT2D eigenvalue weighted by atomic mass is 9.80. The quantitative estimate of drug-likeness (QED) is 0.876. The van der Waals surface area contributed by atoms with Crippen LogP contribution in [0.15, 0.2) is 18.2 Å². The Labute approximate surface area is 115 Å². The first kappa shape index (κ1) is 14.1. The molecule has 1 aliphatic carbocycles. The van der Waals surface area contributed by atoms with Crippen LogP contribution in [0.1, 0.15) is 49.7 Å². The first-order chi connectivity index (χ1) is 8.97. The Hall–Kier alpha value is -1.35. The summed E-state index contributed by atoms with van der Waals surface area (Å²) in [7, 11) is 0. The number of nitrogens with two attached hydrogens (primary N) is 1. The summed E-state index contributed by atoms with van der Waals surface area (Å²) >= 11 is 0. The van der Waals surface area contributed by atoms with Crippen LogP contribution in [0.5, 0.6) is 0 Å². The normalized spacial score (nSPS) is 18.1. The molecule has 1 amide bonds. The van der Waals surface area contributed by atoms with Crippen molar-refractivity contribution in [2.45, 2.75) is 57.9 Å². The van der Waals surface area contributed by atoms with Gasteiger partial charge in [0.05, 0.1) is 0 Å². The summed E-state index contributed by atoms with van der Waals surface area (Å²) < 4.78 is 0. The lowest BCUT2D eigenvalue weighted by molar-refractivity contribution is -0.117. The summed E-state index contributed by atoms with van der Waals surface area (Å²) in [5, 5.41) is 2.98. The maximum absolute atomic E-state index is 12.1. The topological polar surface area (TPSA) is 55.1 Å². The molecule has 0 spiro atoms. The number of benzene rings is 1. The van der Waals surface area contributed by atoms with Crippen LogP contribution in [0.4, 0.5) is 5.69 Å². The standard InChI is InChI=1S/C16H24N2O/c1-12-8-13(2)10-14(9-12)18-15(19)11-16(17)6-4-3-5-7-16/h8-10H,3-7,11,17H2,1-2H3,(H,18,19). The smallest absolute Gasteiger partial charge is 0.226 e. The van der Waals surface area contributed by atoms with E-state index in [4.69, 9.17) is 5.73 Å². The van der Waals surface area contributed by atoms with Crippen molar-refractivity contribution >= 4 is 11.6 Å². The summed E-state index contributed by atoms with van der Waals surface area (Å²) in [5.74, 6) is 0.0365. The molecule has 0 radical (unpaired) electrons. The zero-order valence-corrected chi connectivity index (χ0v) is 12.0. The number of aryl methyl sites for hydroxylation is 2. The molecule has 1 fully saturated rings. The van der Waals surface area contributed by atoms with Crippen LogP contribution in [0.2, 0.25) is 0 Å². The van der Waals surface area contributed by atoms with Crippen LogP contribution in [-0.4, -0.2) is 11.4 Å². The number of nitrogens with one attached hydrogen (secondary N) is 1. The first-order valence-corrected chi connectivity index (χ1v) is 7.14. The van der Waals surface area contributed by atoms with Crippen molar-refractivity contribution in [3.05, 3.63) is 29.3 Å². The molecule has 104 valence electrons. The monoisotopic (exact) mass is 260 g/mol. The minimum Gasteiger partial charge on any atom is -0.326 e. The highest BCUT2D eigenvalue weighted by Crippen LogP contribution is 2.29. The van der Waals surface area contributed by atoms with E-state index in [-0.39, 0.29) is 11.4 Å². The maximum Gasteiger partial charge on any atom is 0.226 e. The Balaban J connectivity index is 1.97. The van der Waals surface area contributed by atoms with Gasteiger partial charge in [0, 0.05) is 17.6 Å². The number of carbonyl (C=O) groups is 1. The molecule has 1 saturated carbocycles. The highest BCUT2D eigenvalue weighted by molar-refractivity contribution is 5.91. The second kappa shape index (κ2) is 5.74. The largest absolute Gasteiger partial charge is 0.326 e. The fourth-order valence-corrected chi connectivity index (χ4v) is 3.00.